The van der Waals surface area contributed by atoms with Crippen LogP contribution in [0, 0.1) is 0 Å². The van der Waals surface area contributed by atoms with Gasteiger partial charge in [-0.25, -0.2) is 16.8 Å². The van der Waals surface area contributed by atoms with Gasteiger partial charge in [-0.05, 0) is 18.6 Å². The van der Waals surface area contributed by atoms with Gasteiger partial charge in [-0.15, -0.1) is 0 Å². The Morgan fingerprint density at radius 1 is 1.06 bits per heavy atom. The number of hydrogen-bond donors (Lipinski definition) is 0. The summed E-state index contributed by atoms with van der Waals surface area (Å²) in [7, 11) is -2.45. The minimum absolute atomic E-state index is 0.101. The topological polar surface area (TPSA) is 68.3 Å². The Balaban J connectivity index is 3.48. The molecule has 4 nitrogen and oxygen atoms in total. The van der Waals surface area contributed by atoms with Crippen molar-refractivity contribution in [2.45, 2.75) is 23.1 Å². The Morgan fingerprint density at radius 2 is 1.56 bits per heavy atom. The summed E-state index contributed by atoms with van der Waals surface area (Å²) < 4.78 is 46.0. The fourth-order valence-electron chi connectivity index (χ4n) is 1.29. The Hall–Kier alpha value is -0.590. The Labute approximate surface area is 99.6 Å². The van der Waals surface area contributed by atoms with E-state index in [0.29, 0.717) is 6.42 Å². The number of halogens is 1. The SMILES string of the molecule is CCCS(=O)(=O)c1ccccc1S(=O)(=O)Cl. The van der Waals surface area contributed by atoms with Crippen LogP contribution in [0.25, 0.3) is 0 Å². The smallest absolute Gasteiger partial charge is 0.224 e. The first-order valence-electron chi connectivity index (χ1n) is 4.55. The molecule has 0 aromatic heterocycles. The molecule has 0 aliphatic carbocycles. The van der Waals surface area contributed by atoms with Crippen LogP contribution in [0.15, 0.2) is 34.1 Å². The highest BCUT2D eigenvalue weighted by Crippen LogP contribution is 2.24. The molecule has 0 atom stereocenters. The molecule has 0 N–H and O–H groups in total. The van der Waals surface area contributed by atoms with E-state index < -0.39 is 18.9 Å². The van der Waals surface area contributed by atoms with Gasteiger partial charge >= 0.3 is 0 Å². The standard InChI is InChI=1S/C9H11ClO4S2/c1-2-7-15(11,12)8-5-3-4-6-9(8)16(10,13)14/h3-6H,2,7H2,1H3. The van der Waals surface area contributed by atoms with Crippen LogP contribution < -0.4 is 0 Å². The second kappa shape index (κ2) is 4.73. The van der Waals surface area contributed by atoms with Crippen LogP contribution >= 0.6 is 10.7 Å². The Bertz CT molecular complexity index is 575. The molecule has 0 radical (unpaired) electrons. The maximum atomic E-state index is 11.8. The zero-order valence-corrected chi connectivity index (χ0v) is 10.9. The van der Waals surface area contributed by atoms with Crippen LogP contribution in [0.5, 0.6) is 0 Å². The fraction of sp³-hybridized carbons (Fsp3) is 0.333. The predicted molar refractivity (Wildman–Crippen MR) is 61.8 cm³/mol. The van der Waals surface area contributed by atoms with E-state index in [9.17, 15) is 16.8 Å². The summed E-state index contributed by atoms with van der Waals surface area (Å²) in [5, 5.41) is 0. The second-order valence-corrected chi connectivity index (χ2v) is 7.82. The lowest BCUT2D eigenvalue weighted by Crippen LogP contribution is -2.10. The molecule has 7 heteroatoms. The fourth-order valence-corrected chi connectivity index (χ4v) is 4.51. The molecule has 90 valence electrons. The molecule has 0 unspecified atom stereocenters. The van der Waals surface area contributed by atoms with Gasteiger partial charge in [0.2, 0.25) is 0 Å². The molecule has 1 aromatic carbocycles. The van der Waals surface area contributed by atoms with Crippen LogP contribution in [-0.4, -0.2) is 22.6 Å². The average molecular weight is 283 g/mol. The van der Waals surface area contributed by atoms with Gasteiger partial charge in [0.15, 0.2) is 9.84 Å². The van der Waals surface area contributed by atoms with Crippen molar-refractivity contribution in [1.29, 1.82) is 0 Å². The maximum absolute atomic E-state index is 11.8. The summed E-state index contributed by atoms with van der Waals surface area (Å²) in [5.74, 6) is -0.101. The lowest BCUT2D eigenvalue weighted by molar-refractivity contribution is 0.587. The first-order valence-corrected chi connectivity index (χ1v) is 8.51. The van der Waals surface area contributed by atoms with Crippen LogP contribution in [0.2, 0.25) is 0 Å². The van der Waals surface area contributed by atoms with Crippen molar-refractivity contribution in [3.05, 3.63) is 24.3 Å². The number of hydrogen-bond acceptors (Lipinski definition) is 4. The van der Waals surface area contributed by atoms with Crippen molar-refractivity contribution in [1.82, 2.24) is 0 Å². The minimum atomic E-state index is -4.04. The molecule has 0 spiro atoms. The van der Waals surface area contributed by atoms with Gasteiger partial charge in [0.05, 0.1) is 10.6 Å². The lowest BCUT2D eigenvalue weighted by Gasteiger charge is -2.06. The van der Waals surface area contributed by atoms with Crippen LogP contribution in [0.3, 0.4) is 0 Å². The van der Waals surface area contributed by atoms with Crippen molar-refractivity contribution in [2.75, 3.05) is 5.75 Å². The summed E-state index contributed by atoms with van der Waals surface area (Å²) in [4.78, 5) is -0.586. The van der Waals surface area contributed by atoms with Gasteiger partial charge in [0, 0.05) is 10.7 Å². The molecule has 1 rings (SSSR count). The third-order valence-corrected chi connectivity index (χ3v) is 5.40. The molecule has 0 aliphatic heterocycles. The summed E-state index contributed by atoms with van der Waals surface area (Å²) in [6, 6.07) is 5.33. The molecule has 0 fully saturated rings. The molecule has 0 bridgehead atoms. The monoisotopic (exact) mass is 282 g/mol. The number of sulfone groups is 1. The summed E-state index contributed by atoms with van der Waals surface area (Å²) in [6.45, 7) is 1.70. The van der Waals surface area contributed by atoms with Crippen LogP contribution in [0.4, 0.5) is 0 Å². The van der Waals surface area contributed by atoms with E-state index in [1.54, 1.807) is 6.92 Å². The highest BCUT2D eigenvalue weighted by molar-refractivity contribution is 8.14. The van der Waals surface area contributed by atoms with Crippen molar-refractivity contribution >= 4 is 29.6 Å². The van der Waals surface area contributed by atoms with E-state index in [1.165, 1.54) is 24.3 Å². The van der Waals surface area contributed by atoms with Gasteiger partial charge < -0.3 is 0 Å². The first kappa shape index (κ1) is 13.5. The normalized spacial score (nSPS) is 12.6. The molecule has 1 aromatic rings. The van der Waals surface area contributed by atoms with E-state index in [-0.39, 0.29) is 15.5 Å². The van der Waals surface area contributed by atoms with E-state index in [2.05, 4.69) is 0 Å². The quantitative estimate of drug-likeness (QED) is 0.790. The molecule has 16 heavy (non-hydrogen) atoms. The number of rotatable bonds is 4. The molecule has 0 amide bonds. The zero-order chi connectivity index (χ0) is 12.4. The van der Waals surface area contributed by atoms with E-state index in [0.717, 1.165) is 0 Å². The molecular formula is C9H11ClO4S2. The average Bonchev–Trinajstić information content (AvgIpc) is 2.16. The summed E-state index contributed by atoms with van der Waals surface area (Å²) in [6.07, 6.45) is 0.416. The second-order valence-electron chi connectivity index (χ2n) is 3.20. The van der Waals surface area contributed by atoms with Crippen molar-refractivity contribution < 1.29 is 16.8 Å². The zero-order valence-electron chi connectivity index (χ0n) is 8.55. The first-order chi connectivity index (χ1) is 7.29. The maximum Gasteiger partial charge on any atom is 0.262 e. The minimum Gasteiger partial charge on any atom is -0.224 e. The Kier molecular flexibility index (Phi) is 3.98. The molecule has 0 saturated heterocycles. The van der Waals surface area contributed by atoms with E-state index >= 15 is 0 Å². The lowest BCUT2D eigenvalue weighted by atomic mass is 10.4. The van der Waals surface area contributed by atoms with Crippen molar-refractivity contribution in [3.63, 3.8) is 0 Å². The highest BCUT2D eigenvalue weighted by Gasteiger charge is 2.23. The summed E-state index contributed by atoms with van der Waals surface area (Å²) in [5.41, 5.74) is 0. The molecular weight excluding hydrogens is 272 g/mol. The summed E-state index contributed by atoms with van der Waals surface area (Å²) >= 11 is 0. The predicted octanol–water partition coefficient (Wildman–Crippen LogP) is 1.80. The number of benzene rings is 1. The Morgan fingerprint density at radius 3 is 2.00 bits per heavy atom. The van der Waals surface area contributed by atoms with E-state index in [1.807, 2.05) is 0 Å². The largest absolute Gasteiger partial charge is 0.262 e. The highest BCUT2D eigenvalue weighted by atomic mass is 35.7. The third-order valence-electron chi connectivity index (χ3n) is 1.92. The van der Waals surface area contributed by atoms with Gasteiger partial charge in [-0.1, -0.05) is 19.1 Å². The van der Waals surface area contributed by atoms with Gasteiger partial charge in [0.1, 0.15) is 4.90 Å². The van der Waals surface area contributed by atoms with Crippen molar-refractivity contribution in [2.24, 2.45) is 0 Å². The van der Waals surface area contributed by atoms with Crippen LogP contribution in [0.1, 0.15) is 13.3 Å². The van der Waals surface area contributed by atoms with Crippen molar-refractivity contribution in [3.8, 4) is 0 Å². The van der Waals surface area contributed by atoms with Gasteiger partial charge in [-0.3, -0.25) is 0 Å². The van der Waals surface area contributed by atoms with Gasteiger partial charge in [0.25, 0.3) is 9.05 Å². The van der Waals surface area contributed by atoms with Gasteiger partial charge in [-0.2, -0.15) is 0 Å². The molecule has 0 saturated carbocycles. The molecule has 0 heterocycles. The van der Waals surface area contributed by atoms with E-state index in [4.69, 9.17) is 10.7 Å². The molecule has 0 aliphatic rings. The van der Waals surface area contributed by atoms with Crippen LogP contribution in [-0.2, 0) is 18.9 Å². The third kappa shape index (κ3) is 2.96.